The van der Waals surface area contributed by atoms with Crippen LogP contribution in [0.1, 0.15) is 38.1 Å². The molecule has 1 aromatic carbocycles. The van der Waals surface area contributed by atoms with Crippen molar-refractivity contribution in [1.29, 1.82) is 0 Å². The van der Waals surface area contributed by atoms with E-state index < -0.39 is 17.3 Å². The molecule has 9 heteroatoms. The molecule has 2 rings (SSSR count). The first kappa shape index (κ1) is 22.9. The van der Waals surface area contributed by atoms with Gasteiger partial charge in [-0.2, -0.15) is 0 Å². The summed E-state index contributed by atoms with van der Waals surface area (Å²) in [6, 6.07) is 4.50. The molecule has 0 fully saturated rings. The smallest absolute Gasteiger partial charge is 0.337 e. The minimum Gasteiger partial charge on any atom is -0.465 e. The van der Waals surface area contributed by atoms with Gasteiger partial charge in [-0.15, -0.1) is 0 Å². The van der Waals surface area contributed by atoms with E-state index in [1.807, 2.05) is 13.8 Å². The molecule has 0 spiro atoms. The zero-order valence-electron chi connectivity index (χ0n) is 17.3. The quantitative estimate of drug-likeness (QED) is 0.380. The molecular formula is C20H27N3O5S. The molecule has 8 nitrogen and oxygen atoms in total. The van der Waals surface area contributed by atoms with Crippen molar-refractivity contribution in [3.63, 3.8) is 0 Å². The highest BCUT2D eigenvalue weighted by molar-refractivity contribution is 8.00. The number of carbonyl (C=O) groups is 2. The summed E-state index contributed by atoms with van der Waals surface area (Å²) in [6.07, 6.45) is -0.772. The molecule has 158 valence electrons. The number of thioether (sulfide) groups is 1. The molecule has 0 radical (unpaired) electrons. The number of ether oxygens (including phenoxy) is 1. The molecule has 0 aliphatic heterocycles. The van der Waals surface area contributed by atoms with Gasteiger partial charge in [0.25, 0.3) is 5.56 Å². The van der Waals surface area contributed by atoms with Crippen molar-refractivity contribution in [2.24, 2.45) is 5.92 Å². The summed E-state index contributed by atoms with van der Waals surface area (Å²) >= 11 is 1.13. The van der Waals surface area contributed by atoms with Gasteiger partial charge in [0.2, 0.25) is 5.91 Å². The van der Waals surface area contributed by atoms with Gasteiger partial charge in [0, 0.05) is 6.54 Å². The maximum Gasteiger partial charge on any atom is 0.337 e. The molecular weight excluding hydrogens is 394 g/mol. The second-order valence-corrected chi connectivity index (χ2v) is 8.59. The normalized spacial score (nSPS) is 13.3. The van der Waals surface area contributed by atoms with Crippen molar-refractivity contribution in [2.75, 3.05) is 13.7 Å². The monoisotopic (exact) mass is 421 g/mol. The lowest BCUT2D eigenvalue weighted by Gasteiger charge is -2.18. The molecule has 1 amide bonds. The number of aliphatic hydroxyl groups is 1. The van der Waals surface area contributed by atoms with Crippen molar-refractivity contribution < 1.29 is 19.4 Å². The Bertz CT molecular complexity index is 955. The molecule has 2 N–H and O–H groups in total. The van der Waals surface area contributed by atoms with Crippen LogP contribution in [0.4, 0.5) is 0 Å². The summed E-state index contributed by atoms with van der Waals surface area (Å²) in [5.41, 5.74) is 0.264. The number of benzene rings is 1. The first-order valence-electron chi connectivity index (χ1n) is 9.39. The third-order valence-corrected chi connectivity index (χ3v) is 5.21. The van der Waals surface area contributed by atoms with Crippen LogP contribution in [0.2, 0.25) is 0 Å². The van der Waals surface area contributed by atoms with E-state index >= 15 is 0 Å². The largest absolute Gasteiger partial charge is 0.465 e. The van der Waals surface area contributed by atoms with Crippen LogP contribution in [0.5, 0.6) is 0 Å². The van der Waals surface area contributed by atoms with Crippen LogP contribution in [0, 0.1) is 5.92 Å². The summed E-state index contributed by atoms with van der Waals surface area (Å²) in [6.45, 7) is 7.91. The SMILES string of the molecule is COC(=O)c1ccc2c(=O)n(C[C@@H](C)O)c(S[C@H](C)C(=O)NCC(C)C)nc2c1. The van der Waals surface area contributed by atoms with Gasteiger partial charge >= 0.3 is 5.97 Å². The predicted molar refractivity (Wildman–Crippen MR) is 112 cm³/mol. The molecule has 1 aromatic heterocycles. The molecule has 0 saturated carbocycles. The number of fused-ring (bicyclic) bond motifs is 1. The van der Waals surface area contributed by atoms with E-state index in [0.717, 1.165) is 11.8 Å². The van der Waals surface area contributed by atoms with Crippen LogP contribution >= 0.6 is 11.8 Å². The lowest BCUT2D eigenvalue weighted by Crippen LogP contribution is -2.34. The fourth-order valence-corrected chi connectivity index (χ4v) is 3.56. The Kier molecular flexibility index (Phi) is 7.80. The van der Waals surface area contributed by atoms with E-state index in [1.54, 1.807) is 13.8 Å². The van der Waals surface area contributed by atoms with Gasteiger partial charge in [-0.05, 0) is 38.0 Å². The Morgan fingerprint density at radius 3 is 2.55 bits per heavy atom. The number of esters is 1. The Hall–Kier alpha value is -2.39. The summed E-state index contributed by atoms with van der Waals surface area (Å²) in [5.74, 6) is -0.373. The molecule has 0 saturated heterocycles. The number of amides is 1. The zero-order valence-corrected chi connectivity index (χ0v) is 18.1. The molecule has 0 unspecified atom stereocenters. The lowest BCUT2D eigenvalue weighted by molar-refractivity contribution is -0.120. The summed E-state index contributed by atoms with van der Waals surface area (Å²) in [5, 5.41) is 12.8. The van der Waals surface area contributed by atoms with Gasteiger partial charge in [0.05, 0.1) is 41.5 Å². The van der Waals surface area contributed by atoms with Crippen LogP contribution in [-0.2, 0) is 16.1 Å². The van der Waals surface area contributed by atoms with Crippen LogP contribution in [0.3, 0.4) is 0 Å². The van der Waals surface area contributed by atoms with E-state index in [2.05, 4.69) is 10.3 Å². The number of hydrogen-bond acceptors (Lipinski definition) is 7. The highest BCUT2D eigenvalue weighted by Crippen LogP contribution is 2.23. The predicted octanol–water partition coefficient (Wildman–Crippen LogP) is 1.82. The first-order valence-corrected chi connectivity index (χ1v) is 10.3. The number of aromatic nitrogens is 2. The van der Waals surface area contributed by atoms with Crippen molar-refractivity contribution in [3.05, 3.63) is 34.1 Å². The second kappa shape index (κ2) is 9.89. The molecule has 2 atom stereocenters. The van der Waals surface area contributed by atoms with Crippen LogP contribution in [0.15, 0.2) is 28.2 Å². The molecule has 1 heterocycles. The molecule has 2 aromatic rings. The Morgan fingerprint density at radius 2 is 1.97 bits per heavy atom. The van der Waals surface area contributed by atoms with Gasteiger partial charge < -0.3 is 15.2 Å². The van der Waals surface area contributed by atoms with Crippen LogP contribution in [0.25, 0.3) is 10.9 Å². The Balaban J connectivity index is 2.47. The zero-order chi connectivity index (χ0) is 21.7. The van der Waals surface area contributed by atoms with Crippen LogP contribution in [-0.4, -0.2) is 51.5 Å². The van der Waals surface area contributed by atoms with Crippen molar-refractivity contribution >= 4 is 34.5 Å². The van der Waals surface area contributed by atoms with Gasteiger partial charge in [0.15, 0.2) is 5.16 Å². The third-order valence-electron chi connectivity index (χ3n) is 4.12. The van der Waals surface area contributed by atoms with E-state index in [9.17, 15) is 19.5 Å². The van der Waals surface area contributed by atoms with Crippen molar-refractivity contribution in [1.82, 2.24) is 14.9 Å². The standard InChI is InChI=1S/C20H27N3O5S/c1-11(2)9-21-17(25)13(4)29-20-22-16-8-14(19(27)28-5)6-7-15(16)18(26)23(20)10-12(3)24/h6-8,11-13,24H,9-10H2,1-5H3,(H,21,25)/t12-,13-/m1/s1. The Morgan fingerprint density at radius 1 is 1.28 bits per heavy atom. The van der Waals surface area contributed by atoms with E-state index in [0.29, 0.717) is 28.5 Å². The number of carbonyl (C=O) groups excluding carboxylic acids is 2. The van der Waals surface area contributed by atoms with Crippen molar-refractivity contribution in [3.8, 4) is 0 Å². The third kappa shape index (κ3) is 5.80. The number of nitrogens with zero attached hydrogens (tertiary/aromatic N) is 2. The molecule has 0 aliphatic carbocycles. The minimum atomic E-state index is -0.772. The minimum absolute atomic E-state index is 0.0448. The highest BCUT2D eigenvalue weighted by atomic mass is 32.2. The molecule has 29 heavy (non-hydrogen) atoms. The van der Waals surface area contributed by atoms with Gasteiger partial charge in [-0.3, -0.25) is 14.2 Å². The number of hydrogen-bond donors (Lipinski definition) is 2. The van der Waals surface area contributed by atoms with Gasteiger partial charge in [-0.25, -0.2) is 9.78 Å². The first-order chi connectivity index (χ1) is 13.6. The Labute approximate surface area is 173 Å². The second-order valence-electron chi connectivity index (χ2n) is 7.28. The fourth-order valence-electron chi connectivity index (χ4n) is 2.62. The maximum atomic E-state index is 13.0. The number of aliphatic hydroxyl groups excluding tert-OH is 1. The number of nitrogens with one attached hydrogen (secondary N) is 1. The average molecular weight is 422 g/mol. The highest BCUT2D eigenvalue weighted by Gasteiger charge is 2.21. The van der Waals surface area contributed by atoms with Gasteiger partial charge in [-0.1, -0.05) is 25.6 Å². The lowest BCUT2D eigenvalue weighted by atomic mass is 10.1. The molecule has 0 bridgehead atoms. The summed E-state index contributed by atoms with van der Waals surface area (Å²) < 4.78 is 6.09. The maximum absolute atomic E-state index is 13.0. The van der Waals surface area contributed by atoms with E-state index in [1.165, 1.54) is 29.9 Å². The summed E-state index contributed by atoms with van der Waals surface area (Å²) in [7, 11) is 1.28. The number of methoxy groups -OCH3 is 1. The number of rotatable bonds is 8. The average Bonchev–Trinajstić information content (AvgIpc) is 2.67. The topological polar surface area (TPSA) is 111 Å². The van der Waals surface area contributed by atoms with Gasteiger partial charge in [0.1, 0.15) is 0 Å². The van der Waals surface area contributed by atoms with Crippen molar-refractivity contribution in [2.45, 2.75) is 50.8 Å². The summed E-state index contributed by atoms with van der Waals surface area (Å²) in [4.78, 5) is 41.7. The fraction of sp³-hybridized carbons (Fsp3) is 0.500. The molecule has 0 aliphatic rings. The van der Waals surface area contributed by atoms with E-state index in [4.69, 9.17) is 4.74 Å². The van der Waals surface area contributed by atoms with Crippen LogP contribution < -0.4 is 10.9 Å². The van der Waals surface area contributed by atoms with E-state index in [-0.39, 0.29) is 23.6 Å².